The third-order valence-corrected chi connectivity index (χ3v) is 6.47. The van der Waals surface area contributed by atoms with E-state index in [0.717, 1.165) is 29.7 Å². The number of fused-ring (bicyclic) bond motifs is 1. The van der Waals surface area contributed by atoms with E-state index in [1.54, 1.807) is 35.2 Å². The Kier molecular flexibility index (Phi) is 6.58. The number of nitrogens with one attached hydrogen (secondary N) is 2. The summed E-state index contributed by atoms with van der Waals surface area (Å²) in [6.07, 6.45) is 1.48. The van der Waals surface area contributed by atoms with E-state index < -0.39 is 5.54 Å². The molecule has 1 aliphatic heterocycles. The molecule has 3 aromatic rings. The molecule has 1 aliphatic rings. The van der Waals surface area contributed by atoms with Crippen LogP contribution in [0.25, 0.3) is 0 Å². The maximum absolute atomic E-state index is 13.5. The van der Waals surface area contributed by atoms with Crippen LogP contribution in [0.2, 0.25) is 0 Å². The highest BCUT2D eigenvalue weighted by atomic mass is 16.3. The average Bonchev–Trinajstić information content (AvgIpc) is 3.01. The van der Waals surface area contributed by atoms with Crippen LogP contribution in [0.3, 0.4) is 0 Å². The minimum atomic E-state index is -0.574. The summed E-state index contributed by atoms with van der Waals surface area (Å²) >= 11 is 0. The number of hydrogen-bond donors (Lipinski definition) is 3. The van der Waals surface area contributed by atoms with E-state index in [4.69, 9.17) is 0 Å². The number of rotatable bonds is 5. The first-order valence-electron chi connectivity index (χ1n) is 11.2. The Morgan fingerprint density at radius 2 is 1.70 bits per heavy atom. The van der Waals surface area contributed by atoms with Crippen molar-refractivity contribution in [2.24, 2.45) is 0 Å². The van der Waals surface area contributed by atoms with Crippen LogP contribution < -0.4 is 15.5 Å². The summed E-state index contributed by atoms with van der Waals surface area (Å²) in [5.41, 5.74) is 3.85. The van der Waals surface area contributed by atoms with Gasteiger partial charge in [0.15, 0.2) is 0 Å². The van der Waals surface area contributed by atoms with E-state index in [0.29, 0.717) is 23.4 Å². The zero-order valence-corrected chi connectivity index (χ0v) is 19.0. The average molecular weight is 444 g/mol. The molecule has 0 aliphatic carbocycles. The molecule has 0 bridgehead atoms. The second-order valence-corrected chi connectivity index (χ2v) is 8.41. The van der Waals surface area contributed by atoms with Gasteiger partial charge in [0.25, 0.3) is 11.8 Å². The lowest BCUT2D eigenvalue weighted by Gasteiger charge is -2.33. The molecule has 0 radical (unpaired) electrons. The van der Waals surface area contributed by atoms with Gasteiger partial charge in [-0.15, -0.1) is 0 Å². The lowest BCUT2D eigenvalue weighted by molar-refractivity contribution is 0.0985. The molecule has 3 N–H and O–H groups in total. The molecule has 6 nitrogen and oxygen atoms in total. The fourth-order valence-corrected chi connectivity index (χ4v) is 4.50. The van der Waals surface area contributed by atoms with Crippen LogP contribution in [0.4, 0.5) is 11.4 Å². The summed E-state index contributed by atoms with van der Waals surface area (Å²) in [5.74, 6) is -0.287. The minimum Gasteiger partial charge on any atom is -0.394 e. The molecule has 0 spiro atoms. The second-order valence-electron chi connectivity index (χ2n) is 8.41. The molecule has 3 aromatic carbocycles. The van der Waals surface area contributed by atoms with Gasteiger partial charge in [0.2, 0.25) is 0 Å². The summed E-state index contributed by atoms with van der Waals surface area (Å²) < 4.78 is 0. The molecule has 1 atom stereocenters. The molecule has 33 heavy (non-hydrogen) atoms. The SMILES string of the molecule is CNC1(CO)CCCN(C(=O)c2ccc(NC(=O)c3ccccc3C)cc2)c2ccccc21. The van der Waals surface area contributed by atoms with Gasteiger partial charge in [-0.05, 0) is 74.3 Å². The normalized spacial score (nSPS) is 17.7. The highest BCUT2D eigenvalue weighted by Crippen LogP contribution is 2.37. The van der Waals surface area contributed by atoms with E-state index >= 15 is 0 Å². The first-order chi connectivity index (χ1) is 16.0. The first kappa shape index (κ1) is 22.7. The smallest absolute Gasteiger partial charge is 0.258 e. The number of likely N-dealkylation sites (N-methyl/N-ethyl adjacent to an activating group) is 1. The first-order valence-corrected chi connectivity index (χ1v) is 11.2. The number of benzene rings is 3. The van der Waals surface area contributed by atoms with Gasteiger partial charge >= 0.3 is 0 Å². The summed E-state index contributed by atoms with van der Waals surface area (Å²) in [4.78, 5) is 27.8. The van der Waals surface area contributed by atoms with Crippen molar-refractivity contribution in [3.8, 4) is 0 Å². The van der Waals surface area contributed by atoms with Crippen LogP contribution in [0.15, 0.2) is 72.8 Å². The van der Waals surface area contributed by atoms with Crippen LogP contribution in [0.5, 0.6) is 0 Å². The highest BCUT2D eigenvalue weighted by molar-refractivity contribution is 6.08. The summed E-state index contributed by atoms with van der Waals surface area (Å²) in [6, 6.07) is 22.1. The zero-order chi connectivity index (χ0) is 23.4. The van der Waals surface area contributed by atoms with Gasteiger partial charge < -0.3 is 20.6 Å². The molecule has 2 amide bonds. The van der Waals surface area contributed by atoms with Crippen LogP contribution in [0.1, 0.15) is 44.7 Å². The topological polar surface area (TPSA) is 81.7 Å². The molecule has 6 heteroatoms. The Labute approximate surface area is 194 Å². The van der Waals surface area contributed by atoms with Crippen molar-refractivity contribution in [2.45, 2.75) is 25.3 Å². The molecule has 1 heterocycles. The molecule has 0 saturated heterocycles. The lowest BCUT2D eigenvalue weighted by Crippen LogP contribution is -2.43. The number of hydrogen-bond acceptors (Lipinski definition) is 4. The van der Waals surface area contributed by atoms with Crippen molar-refractivity contribution in [3.05, 3.63) is 95.1 Å². The number of anilines is 2. The monoisotopic (exact) mass is 443 g/mol. The van der Waals surface area contributed by atoms with E-state index in [1.165, 1.54) is 0 Å². The third kappa shape index (κ3) is 4.40. The number of aryl methyl sites for hydroxylation is 1. The zero-order valence-electron chi connectivity index (χ0n) is 19.0. The summed E-state index contributed by atoms with van der Waals surface area (Å²) in [7, 11) is 1.84. The van der Waals surface area contributed by atoms with Crippen LogP contribution in [-0.4, -0.2) is 37.1 Å². The van der Waals surface area contributed by atoms with E-state index in [-0.39, 0.29) is 18.4 Å². The Bertz CT molecular complexity index is 1150. The summed E-state index contributed by atoms with van der Waals surface area (Å²) in [5, 5.41) is 16.3. The highest BCUT2D eigenvalue weighted by Gasteiger charge is 2.36. The van der Waals surface area contributed by atoms with Gasteiger partial charge in [-0.2, -0.15) is 0 Å². The molecule has 0 fully saturated rings. The maximum Gasteiger partial charge on any atom is 0.258 e. The fourth-order valence-electron chi connectivity index (χ4n) is 4.50. The largest absolute Gasteiger partial charge is 0.394 e. The van der Waals surface area contributed by atoms with Crippen molar-refractivity contribution in [2.75, 3.05) is 30.4 Å². The van der Waals surface area contributed by atoms with Crippen molar-refractivity contribution < 1.29 is 14.7 Å². The van der Waals surface area contributed by atoms with E-state index in [2.05, 4.69) is 10.6 Å². The number of aliphatic hydroxyl groups excluding tert-OH is 1. The molecular formula is C27H29N3O3. The van der Waals surface area contributed by atoms with Gasteiger partial charge in [-0.1, -0.05) is 36.4 Å². The third-order valence-electron chi connectivity index (χ3n) is 6.47. The predicted octanol–water partition coefficient (Wildman–Crippen LogP) is 4.09. The molecule has 4 rings (SSSR count). The van der Waals surface area contributed by atoms with Crippen molar-refractivity contribution in [3.63, 3.8) is 0 Å². The Hall–Kier alpha value is -3.48. The molecule has 0 aromatic heterocycles. The van der Waals surface area contributed by atoms with Gasteiger partial charge in [0.05, 0.1) is 12.1 Å². The molecular weight excluding hydrogens is 414 g/mol. The quantitative estimate of drug-likeness (QED) is 0.555. The molecule has 0 saturated carbocycles. The van der Waals surface area contributed by atoms with Gasteiger partial charge in [-0.25, -0.2) is 0 Å². The van der Waals surface area contributed by atoms with Crippen molar-refractivity contribution in [1.29, 1.82) is 0 Å². The van der Waals surface area contributed by atoms with Gasteiger partial charge in [0, 0.05) is 29.0 Å². The van der Waals surface area contributed by atoms with E-state index in [9.17, 15) is 14.7 Å². The predicted molar refractivity (Wildman–Crippen MR) is 131 cm³/mol. The fraction of sp³-hybridized carbons (Fsp3) is 0.259. The number of nitrogens with zero attached hydrogens (tertiary/aromatic N) is 1. The standard InChI is InChI=1S/C27H29N3O3/c1-19-8-3-4-9-22(19)25(32)29-21-14-12-20(13-15-21)26(33)30-17-7-16-27(18-31,28-2)23-10-5-6-11-24(23)30/h3-6,8-15,28,31H,7,16-18H2,1-2H3,(H,29,32). The van der Waals surface area contributed by atoms with E-state index in [1.807, 2.05) is 56.4 Å². The summed E-state index contributed by atoms with van der Waals surface area (Å²) in [6.45, 7) is 2.41. The number of para-hydroxylation sites is 1. The number of carbonyl (C=O) groups excluding carboxylic acids is 2. The lowest BCUT2D eigenvalue weighted by atomic mass is 9.86. The van der Waals surface area contributed by atoms with Crippen molar-refractivity contribution >= 4 is 23.2 Å². The Morgan fingerprint density at radius 3 is 2.39 bits per heavy atom. The van der Waals surface area contributed by atoms with Gasteiger partial charge in [-0.3, -0.25) is 9.59 Å². The van der Waals surface area contributed by atoms with Crippen LogP contribution in [0, 0.1) is 6.92 Å². The van der Waals surface area contributed by atoms with Crippen molar-refractivity contribution in [1.82, 2.24) is 5.32 Å². The maximum atomic E-state index is 13.5. The van der Waals surface area contributed by atoms with Crippen LogP contribution in [-0.2, 0) is 5.54 Å². The Morgan fingerprint density at radius 1 is 1.00 bits per heavy atom. The minimum absolute atomic E-state index is 0.0438. The number of carbonyl (C=O) groups is 2. The van der Waals surface area contributed by atoms with Gasteiger partial charge in [0.1, 0.15) is 0 Å². The Balaban J connectivity index is 1.57. The number of aliphatic hydroxyl groups is 1. The number of amides is 2. The van der Waals surface area contributed by atoms with Crippen LogP contribution >= 0.6 is 0 Å². The molecule has 1 unspecified atom stereocenters. The second kappa shape index (κ2) is 9.57. The molecule has 170 valence electrons.